The number of carbonyl (C=O) groups excluding carboxylic acids is 1. The Morgan fingerprint density at radius 2 is 2.26 bits per heavy atom. The third-order valence-corrected chi connectivity index (χ3v) is 3.32. The number of aromatic nitrogens is 2. The molecule has 5 nitrogen and oxygen atoms in total. The van der Waals surface area contributed by atoms with Gasteiger partial charge in [-0.2, -0.15) is 0 Å². The highest BCUT2D eigenvalue weighted by Gasteiger charge is 2.16. The first-order chi connectivity index (χ1) is 9.02. The summed E-state index contributed by atoms with van der Waals surface area (Å²) >= 11 is 0. The molecule has 0 aromatic carbocycles. The number of nitrogens with one attached hydrogen (secondary N) is 1. The number of carbonyl (C=O) groups is 1. The van der Waals surface area contributed by atoms with Gasteiger partial charge in [0.05, 0.1) is 19.9 Å². The molecule has 0 aliphatic rings. The highest BCUT2D eigenvalue weighted by Crippen LogP contribution is 2.22. The molecule has 1 N–H and O–H groups in total. The fourth-order valence-corrected chi connectivity index (χ4v) is 1.82. The summed E-state index contributed by atoms with van der Waals surface area (Å²) in [6.45, 7) is 4.52. The number of methoxy groups -OCH3 is 1. The van der Waals surface area contributed by atoms with E-state index in [1.165, 1.54) is 0 Å². The first-order valence-electron chi connectivity index (χ1n) is 6.27. The van der Waals surface area contributed by atoms with Crippen LogP contribution in [-0.2, 0) is 0 Å². The topological polar surface area (TPSA) is 58.2 Å². The minimum absolute atomic E-state index is 0.0810. The van der Waals surface area contributed by atoms with Crippen LogP contribution < -0.4 is 4.74 Å². The van der Waals surface area contributed by atoms with Crippen LogP contribution in [0, 0.1) is 0 Å². The molecule has 2 aromatic heterocycles. The van der Waals surface area contributed by atoms with E-state index in [1.807, 2.05) is 18.0 Å². The van der Waals surface area contributed by atoms with E-state index in [0.29, 0.717) is 29.5 Å². The van der Waals surface area contributed by atoms with Crippen LogP contribution in [-0.4, -0.2) is 47.4 Å². The molecular formula is C14H19N3O2. The monoisotopic (exact) mass is 261 g/mol. The van der Waals surface area contributed by atoms with Crippen molar-refractivity contribution >= 4 is 16.8 Å². The lowest BCUT2D eigenvalue weighted by Gasteiger charge is -2.19. The molecule has 0 fully saturated rings. The van der Waals surface area contributed by atoms with Crippen molar-refractivity contribution in [2.24, 2.45) is 0 Å². The number of aromatic amines is 1. The second-order valence-corrected chi connectivity index (χ2v) is 4.91. The number of rotatable bonds is 5. The molecule has 102 valence electrons. The Labute approximate surface area is 112 Å². The molecule has 0 atom stereocenters. The number of hydrogen-bond acceptors (Lipinski definition) is 4. The van der Waals surface area contributed by atoms with E-state index in [4.69, 9.17) is 4.74 Å². The van der Waals surface area contributed by atoms with Crippen molar-refractivity contribution in [1.82, 2.24) is 14.9 Å². The predicted octanol–water partition coefficient (Wildman–Crippen LogP) is 2.09. The van der Waals surface area contributed by atoms with Gasteiger partial charge in [-0.05, 0) is 27.0 Å². The average Bonchev–Trinajstić information content (AvgIpc) is 2.81. The van der Waals surface area contributed by atoms with Gasteiger partial charge >= 0.3 is 0 Å². The zero-order valence-electron chi connectivity index (χ0n) is 11.7. The van der Waals surface area contributed by atoms with Crippen molar-refractivity contribution < 1.29 is 9.53 Å². The van der Waals surface area contributed by atoms with Crippen molar-refractivity contribution in [3.8, 4) is 5.75 Å². The Balaban J connectivity index is 2.31. The van der Waals surface area contributed by atoms with Crippen molar-refractivity contribution in [2.75, 3.05) is 20.7 Å². The Hall–Kier alpha value is -1.88. The van der Waals surface area contributed by atoms with Crippen molar-refractivity contribution in [3.63, 3.8) is 0 Å². The Bertz CT molecular complexity index is 589. The standard InChI is InChI=1S/C14H19N3O2/c1-9(2)17(3)8-13(18)12-7-16-14-11(12)5-10(19-4)6-15-14/h5-7,9H,8H2,1-4H3,(H,15,16). The molecule has 0 aliphatic carbocycles. The second-order valence-electron chi connectivity index (χ2n) is 4.91. The molecule has 5 heteroatoms. The van der Waals surface area contributed by atoms with E-state index < -0.39 is 0 Å². The van der Waals surface area contributed by atoms with Crippen LogP contribution in [0.5, 0.6) is 5.75 Å². The lowest BCUT2D eigenvalue weighted by atomic mass is 10.1. The minimum atomic E-state index is 0.0810. The normalized spacial score (nSPS) is 11.5. The fourth-order valence-electron chi connectivity index (χ4n) is 1.82. The summed E-state index contributed by atoms with van der Waals surface area (Å²) in [5.74, 6) is 0.732. The van der Waals surface area contributed by atoms with Crippen molar-refractivity contribution in [3.05, 3.63) is 24.0 Å². The maximum atomic E-state index is 12.3. The first kappa shape index (κ1) is 13.5. The fraction of sp³-hybridized carbons (Fsp3) is 0.429. The predicted molar refractivity (Wildman–Crippen MR) is 74.7 cm³/mol. The quantitative estimate of drug-likeness (QED) is 0.837. The second kappa shape index (κ2) is 5.40. The summed E-state index contributed by atoms with van der Waals surface area (Å²) in [6.07, 6.45) is 3.35. The summed E-state index contributed by atoms with van der Waals surface area (Å²) < 4.78 is 5.15. The van der Waals surface area contributed by atoms with Gasteiger partial charge in [0.1, 0.15) is 11.4 Å². The average molecular weight is 261 g/mol. The van der Waals surface area contributed by atoms with Gasteiger partial charge in [0.2, 0.25) is 0 Å². The van der Waals surface area contributed by atoms with Crippen LogP contribution in [0.1, 0.15) is 24.2 Å². The Morgan fingerprint density at radius 1 is 1.53 bits per heavy atom. The van der Waals surface area contributed by atoms with Crippen LogP contribution in [0.3, 0.4) is 0 Å². The molecule has 19 heavy (non-hydrogen) atoms. The number of ether oxygens (including phenoxy) is 1. The van der Waals surface area contributed by atoms with Gasteiger partial charge in [-0.15, -0.1) is 0 Å². The van der Waals surface area contributed by atoms with E-state index >= 15 is 0 Å². The SMILES string of the molecule is COc1cnc2[nH]cc(C(=O)CN(C)C(C)C)c2c1. The first-order valence-corrected chi connectivity index (χ1v) is 6.27. The van der Waals surface area contributed by atoms with Gasteiger partial charge in [0, 0.05) is 23.2 Å². The molecule has 2 heterocycles. The van der Waals surface area contributed by atoms with E-state index in [-0.39, 0.29) is 5.78 Å². The zero-order chi connectivity index (χ0) is 14.0. The summed E-state index contributed by atoms with van der Waals surface area (Å²) in [4.78, 5) is 21.6. The number of fused-ring (bicyclic) bond motifs is 1. The summed E-state index contributed by atoms with van der Waals surface area (Å²) in [5, 5.41) is 0.807. The van der Waals surface area contributed by atoms with Gasteiger partial charge in [-0.1, -0.05) is 0 Å². The van der Waals surface area contributed by atoms with E-state index in [1.54, 1.807) is 19.5 Å². The maximum absolute atomic E-state index is 12.3. The maximum Gasteiger partial charge on any atom is 0.179 e. The molecule has 0 amide bonds. The number of likely N-dealkylation sites (N-methyl/N-ethyl adjacent to an activating group) is 1. The number of ketones is 1. The number of pyridine rings is 1. The molecule has 2 aromatic rings. The summed E-state index contributed by atoms with van der Waals surface area (Å²) in [5.41, 5.74) is 1.37. The van der Waals surface area contributed by atoms with E-state index in [2.05, 4.69) is 23.8 Å². The smallest absolute Gasteiger partial charge is 0.179 e. The van der Waals surface area contributed by atoms with Gasteiger partial charge in [0.25, 0.3) is 0 Å². The number of Topliss-reactive ketones (excluding diaryl/α,β-unsaturated/α-hetero) is 1. The van der Waals surface area contributed by atoms with Crippen LogP contribution in [0.2, 0.25) is 0 Å². The van der Waals surface area contributed by atoms with Crippen LogP contribution in [0.15, 0.2) is 18.5 Å². The lowest BCUT2D eigenvalue weighted by molar-refractivity contribution is 0.0931. The molecule has 0 spiro atoms. The third-order valence-electron chi connectivity index (χ3n) is 3.32. The van der Waals surface area contributed by atoms with E-state index in [0.717, 1.165) is 5.39 Å². The van der Waals surface area contributed by atoms with Gasteiger partial charge in [-0.3, -0.25) is 9.69 Å². The zero-order valence-corrected chi connectivity index (χ0v) is 11.7. The van der Waals surface area contributed by atoms with E-state index in [9.17, 15) is 4.79 Å². The van der Waals surface area contributed by atoms with Crippen molar-refractivity contribution in [1.29, 1.82) is 0 Å². The number of nitrogens with zero attached hydrogens (tertiary/aromatic N) is 2. The van der Waals surface area contributed by atoms with Crippen LogP contribution in [0.4, 0.5) is 0 Å². The number of hydrogen-bond donors (Lipinski definition) is 1. The molecular weight excluding hydrogens is 242 g/mol. The molecule has 0 bridgehead atoms. The highest BCUT2D eigenvalue weighted by molar-refractivity contribution is 6.08. The molecule has 0 saturated carbocycles. The largest absolute Gasteiger partial charge is 0.495 e. The Kier molecular flexibility index (Phi) is 3.85. The summed E-state index contributed by atoms with van der Waals surface area (Å²) in [7, 11) is 3.53. The number of H-pyrrole nitrogens is 1. The third kappa shape index (κ3) is 2.76. The molecule has 2 rings (SSSR count). The Morgan fingerprint density at radius 3 is 2.89 bits per heavy atom. The van der Waals surface area contributed by atoms with Crippen molar-refractivity contribution in [2.45, 2.75) is 19.9 Å². The van der Waals surface area contributed by atoms with Crippen LogP contribution in [0.25, 0.3) is 11.0 Å². The van der Waals surface area contributed by atoms with Gasteiger partial charge in [0.15, 0.2) is 5.78 Å². The molecule has 0 unspecified atom stereocenters. The van der Waals surface area contributed by atoms with Gasteiger partial charge in [-0.25, -0.2) is 4.98 Å². The minimum Gasteiger partial charge on any atom is -0.495 e. The lowest BCUT2D eigenvalue weighted by Crippen LogP contribution is -2.31. The molecule has 0 radical (unpaired) electrons. The van der Waals surface area contributed by atoms with Crippen LogP contribution >= 0.6 is 0 Å². The highest BCUT2D eigenvalue weighted by atomic mass is 16.5. The molecule has 0 saturated heterocycles. The summed E-state index contributed by atoms with van der Waals surface area (Å²) in [6, 6.07) is 2.17. The van der Waals surface area contributed by atoms with Gasteiger partial charge < -0.3 is 9.72 Å². The molecule has 0 aliphatic heterocycles.